The van der Waals surface area contributed by atoms with Gasteiger partial charge in [0.2, 0.25) is 0 Å². The minimum atomic E-state index is -0.223. The number of hydrogen-bond donors (Lipinski definition) is 2. The molecular weight excluding hydrogens is 308 g/mol. The van der Waals surface area contributed by atoms with E-state index in [1.165, 1.54) is 6.20 Å². The number of nitrogens with one attached hydrogen (secondary N) is 1. The van der Waals surface area contributed by atoms with Crippen molar-refractivity contribution in [2.75, 3.05) is 5.32 Å². The van der Waals surface area contributed by atoms with Gasteiger partial charge in [-0.2, -0.15) is 0 Å². The molecule has 0 unspecified atom stereocenters. The van der Waals surface area contributed by atoms with Crippen LogP contribution in [0.3, 0.4) is 0 Å². The van der Waals surface area contributed by atoms with Crippen molar-refractivity contribution in [3.63, 3.8) is 0 Å². The highest BCUT2D eigenvalue weighted by Gasteiger charge is 2.07. The number of aryl methyl sites for hydroxylation is 1. The van der Waals surface area contributed by atoms with E-state index in [-0.39, 0.29) is 12.5 Å². The molecule has 0 aliphatic rings. The maximum Gasteiger partial charge on any atom is 0.255 e. The topological polar surface area (TPSA) is 62.2 Å². The monoisotopic (exact) mass is 320 g/mol. The van der Waals surface area contributed by atoms with Gasteiger partial charge in [0.15, 0.2) is 0 Å². The summed E-state index contributed by atoms with van der Waals surface area (Å²) in [4.78, 5) is 16.0. The quantitative estimate of drug-likeness (QED) is 0.914. The number of aromatic nitrogens is 1. The summed E-state index contributed by atoms with van der Waals surface area (Å²) < 4.78 is 0.997. The molecule has 1 amide bonds. The van der Waals surface area contributed by atoms with Crippen LogP contribution in [0, 0.1) is 6.92 Å². The van der Waals surface area contributed by atoms with E-state index >= 15 is 0 Å². The number of rotatable bonds is 3. The van der Waals surface area contributed by atoms with Crippen molar-refractivity contribution in [3.05, 3.63) is 57.8 Å². The Hall–Kier alpha value is -1.72. The highest BCUT2D eigenvalue weighted by molar-refractivity contribution is 9.10. The molecule has 19 heavy (non-hydrogen) atoms. The summed E-state index contributed by atoms with van der Waals surface area (Å²) in [6.45, 7) is 1.77. The van der Waals surface area contributed by atoms with E-state index in [0.717, 1.165) is 15.7 Å². The molecule has 0 radical (unpaired) electrons. The van der Waals surface area contributed by atoms with E-state index in [9.17, 15) is 4.79 Å². The molecule has 0 atom stereocenters. The van der Waals surface area contributed by atoms with Crippen LogP contribution in [-0.4, -0.2) is 16.0 Å². The average molecular weight is 321 g/mol. The van der Waals surface area contributed by atoms with Gasteiger partial charge in [-0.3, -0.25) is 9.78 Å². The number of carbonyl (C=O) groups is 1. The van der Waals surface area contributed by atoms with Gasteiger partial charge in [-0.05, 0) is 42.8 Å². The lowest BCUT2D eigenvalue weighted by Crippen LogP contribution is -2.12. The fraction of sp³-hybridized carbons (Fsp3) is 0.143. The molecule has 2 aromatic rings. The Balaban J connectivity index is 2.18. The third-order valence-corrected chi connectivity index (χ3v) is 3.55. The third kappa shape index (κ3) is 3.39. The molecule has 0 bridgehead atoms. The minimum absolute atomic E-state index is 0.182. The highest BCUT2D eigenvalue weighted by Crippen LogP contribution is 2.20. The smallest absolute Gasteiger partial charge is 0.255 e. The first-order valence-electron chi connectivity index (χ1n) is 5.73. The summed E-state index contributed by atoms with van der Waals surface area (Å²) in [7, 11) is 0. The molecule has 5 heteroatoms. The van der Waals surface area contributed by atoms with Gasteiger partial charge in [-0.25, -0.2) is 0 Å². The number of carbonyl (C=O) groups excluding carboxylic acids is 1. The molecule has 98 valence electrons. The Kier molecular flexibility index (Phi) is 4.29. The van der Waals surface area contributed by atoms with Crippen LogP contribution in [0.15, 0.2) is 41.0 Å². The van der Waals surface area contributed by atoms with E-state index in [4.69, 9.17) is 5.11 Å². The second kappa shape index (κ2) is 5.95. The fourth-order valence-corrected chi connectivity index (χ4v) is 1.88. The van der Waals surface area contributed by atoms with E-state index in [1.807, 2.05) is 25.1 Å². The van der Waals surface area contributed by atoms with E-state index < -0.39 is 0 Å². The number of benzene rings is 1. The number of pyridine rings is 1. The highest BCUT2D eigenvalue weighted by atomic mass is 79.9. The van der Waals surface area contributed by atoms with Crippen molar-refractivity contribution in [2.45, 2.75) is 13.5 Å². The van der Waals surface area contributed by atoms with E-state index in [2.05, 4.69) is 26.2 Å². The van der Waals surface area contributed by atoms with E-state index in [1.54, 1.807) is 12.1 Å². The third-order valence-electron chi connectivity index (χ3n) is 2.66. The van der Waals surface area contributed by atoms with Crippen LogP contribution < -0.4 is 5.32 Å². The average Bonchev–Trinajstić information content (AvgIpc) is 2.43. The zero-order valence-electron chi connectivity index (χ0n) is 10.4. The Bertz CT molecular complexity index is 614. The Morgan fingerprint density at radius 1 is 1.37 bits per heavy atom. The standard InChI is InChI=1S/C14H13BrN2O2/c1-9-6-11(2-3-13(9)15)17-14(19)10-4-5-16-12(7-10)8-18/h2-7,18H,8H2,1H3,(H,17,19). The fourth-order valence-electron chi connectivity index (χ4n) is 1.63. The Morgan fingerprint density at radius 3 is 2.84 bits per heavy atom. The number of aliphatic hydroxyl groups excluding tert-OH is 1. The molecule has 0 fully saturated rings. The van der Waals surface area contributed by atoms with Gasteiger partial charge < -0.3 is 10.4 Å². The first-order valence-corrected chi connectivity index (χ1v) is 6.53. The summed E-state index contributed by atoms with van der Waals surface area (Å²) in [5.74, 6) is -0.223. The molecule has 0 saturated heterocycles. The number of amides is 1. The molecule has 0 aliphatic carbocycles. The number of anilines is 1. The van der Waals surface area contributed by atoms with Crippen molar-refractivity contribution in [1.29, 1.82) is 0 Å². The van der Waals surface area contributed by atoms with Gasteiger partial charge in [0.25, 0.3) is 5.91 Å². The van der Waals surface area contributed by atoms with Crippen LogP contribution in [0.5, 0.6) is 0 Å². The molecule has 0 spiro atoms. The van der Waals surface area contributed by atoms with Gasteiger partial charge in [0.05, 0.1) is 12.3 Å². The number of hydrogen-bond acceptors (Lipinski definition) is 3. The predicted molar refractivity (Wildman–Crippen MR) is 77.0 cm³/mol. The maximum atomic E-state index is 12.0. The van der Waals surface area contributed by atoms with Gasteiger partial charge in [0.1, 0.15) is 0 Å². The number of aliphatic hydroxyl groups is 1. The molecule has 2 rings (SSSR count). The zero-order chi connectivity index (χ0) is 13.8. The largest absolute Gasteiger partial charge is 0.390 e. The Morgan fingerprint density at radius 2 is 2.16 bits per heavy atom. The number of halogens is 1. The molecule has 1 aromatic carbocycles. The van der Waals surface area contributed by atoms with Gasteiger partial charge in [-0.1, -0.05) is 15.9 Å². The lowest BCUT2D eigenvalue weighted by Gasteiger charge is -2.07. The van der Waals surface area contributed by atoms with Crippen molar-refractivity contribution in [1.82, 2.24) is 4.98 Å². The second-order valence-electron chi connectivity index (χ2n) is 4.11. The van der Waals surface area contributed by atoms with Crippen LogP contribution in [-0.2, 0) is 6.61 Å². The van der Waals surface area contributed by atoms with Crippen molar-refractivity contribution < 1.29 is 9.90 Å². The minimum Gasteiger partial charge on any atom is -0.390 e. The molecule has 0 saturated carbocycles. The first-order chi connectivity index (χ1) is 9.10. The summed E-state index contributed by atoms with van der Waals surface area (Å²) in [5, 5.41) is 11.8. The lowest BCUT2D eigenvalue weighted by atomic mass is 10.2. The normalized spacial score (nSPS) is 10.3. The second-order valence-corrected chi connectivity index (χ2v) is 4.97. The van der Waals surface area contributed by atoms with Crippen molar-refractivity contribution in [2.24, 2.45) is 0 Å². The molecular formula is C14H13BrN2O2. The van der Waals surface area contributed by atoms with Crippen LogP contribution in [0.1, 0.15) is 21.6 Å². The van der Waals surface area contributed by atoms with Gasteiger partial charge >= 0.3 is 0 Å². The molecule has 1 aromatic heterocycles. The maximum absolute atomic E-state index is 12.0. The Labute approximate surface area is 119 Å². The summed E-state index contributed by atoms with van der Waals surface area (Å²) >= 11 is 3.41. The van der Waals surface area contributed by atoms with Crippen LogP contribution >= 0.6 is 15.9 Å². The molecule has 4 nitrogen and oxygen atoms in total. The van der Waals surface area contributed by atoms with Gasteiger partial charge in [0, 0.05) is 21.9 Å². The summed E-state index contributed by atoms with van der Waals surface area (Å²) in [5.41, 5.74) is 2.72. The predicted octanol–water partition coefficient (Wildman–Crippen LogP) is 2.90. The lowest BCUT2D eigenvalue weighted by molar-refractivity contribution is 0.102. The first kappa shape index (κ1) is 13.7. The molecule has 2 N–H and O–H groups in total. The van der Waals surface area contributed by atoms with Crippen LogP contribution in [0.2, 0.25) is 0 Å². The van der Waals surface area contributed by atoms with E-state index in [0.29, 0.717) is 11.3 Å². The summed E-state index contributed by atoms with van der Waals surface area (Å²) in [6.07, 6.45) is 1.51. The molecule has 0 aliphatic heterocycles. The van der Waals surface area contributed by atoms with Crippen LogP contribution in [0.4, 0.5) is 5.69 Å². The SMILES string of the molecule is Cc1cc(NC(=O)c2ccnc(CO)c2)ccc1Br. The van der Waals surface area contributed by atoms with Crippen molar-refractivity contribution >= 4 is 27.5 Å². The molecule has 1 heterocycles. The van der Waals surface area contributed by atoms with Crippen LogP contribution in [0.25, 0.3) is 0 Å². The van der Waals surface area contributed by atoms with Gasteiger partial charge in [-0.15, -0.1) is 0 Å². The summed E-state index contributed by atoms with van der Waals surface area (Å²) in [6, 6.07) is 8.77. The zero-order valence-corrected chi connectivity index (χ0v) is 11.9. The number of nitrogens with zero attached hydrogens (tertiary/aromatic N) is 1. The van der Waals surface area contributed by atoms with Crippen molar-refractivity contribution in [3.8, 4) is 0 Å².